The van der Waals surface area contributed by atoms with E-state index in [2.05, 4.69) is 5.32 Å². The van der Waals surface area contributed by atoms with Crippen molar-refractivity contribution in [3.05, 3.63) is 21.4 Å². The van der Waals surface area contributed by atoms with Crippen molar-refractivity contribution in [2.45, 2.75) is 39.7 Å². The van der Waals surface area contributed by atoms with E-state index in [1.165, 1.54) is 0 Å². The van der Waals surface area contributed by atoms with Gasteiger partial charge < -0.3 is 10.4 Å². The molecule has 1 unspecified atom stereocenters. The Morgan fingerprint density at radius 3 is 2.56 bits per heavy atom. The van der Waals surface area contributed by atoms with E-state index in [4.69, 9.17) is 5.11 Å². The number of Topliss-reactive ketones (excluding diaryl/α,β-unsaturated/α-hetero) is 1. The number of nitrogens with one attached hydrogen (secondary N) is 1. The van der Waals surface area contributed by atoms with Crippen molar-refractivity contribution < 1.29 is 14.7 Å². The zero-order valence-electron chi connectivity index (χ0n) is 10.9. The lowest BCUT2D eigenvalue weighted by molar-refractivity contribution is -0.121. The van der Waals surface area contributed by atoms with Gasteiger partial charge in [-0.05, 0) is 26.8 Å². The van der Waals surface area contributed by atoms with Gasteiger partial charge in [0.15, 0.2) is 5.78 Å². The smallest absolute Gasteiger partial charge is 0.220 e. The Morgan fingerprint density at radius 1 is 1.39 bits per heavy atom. The molecule has 18 heavy (non-hydrogen) atoms. The zero-order valence-corrected chi connectivity index (χ0v) is 11.8. The van der Waals surface area contributed by atoms with Gasteiger partial charge in [0.1, 0.15) is 0 Å². The lowest BCUT2D eigenvalue weighted by atomic mass is 10.1. The maximum Gasteiger partial charge on any atom is 0.220 e. The molecule has 1 heterocycles. The molecule has 2 N–H and O–H groups in total. The first-order chi connectivity index (χ1) is 8.43. The summed E-state index contributed by atoms with van der Waals surface area (Å²) in [5, 5.41) is 11.4. The Morgan fingerprint density at radius 2 is 2.06 bits per heavy atom. The fourth-order valence-corrected chi connectivity index (χ4v) is 2.60. The normalized spacial score (nSPS) is 12.2. The number of amides is 1. The Balaban J connectivity index is 2.47. The van der Waals surface area contributed by atoms with Gasteiger partial charge in [0.2, 0.25) is 5.91 Å². The van der Waals surface area contributed by atoms with Gasteiger partial charge in [-0.15, -0.1) is 11.3 Å². The summed E-state index contributed by atoms with van der Waals surface area (Å²) in [6.07, 6.45) is 0.374. The van der Waals surface area contributed by atoms with E-state index >= 15 is 0 Å². The average Bonchev–Trinajstić information content (AvgIpc) is 2.65. The summed E-state index contributed by atoms with van der Waals surface area (Å²) in [5.74, 6) is -0.196. The SMILES string of the molecule is Cc1cc(C(=O)CCC(=O)NC(C)CO)c(C)s1. The summed E-state index contributed by atoms with van der Waals surface area (Å²) in [5.41, 5.74) is 0.723. The minimum absolute atomic E-state index is 0.00338. The Bertz CT molecular complexity index is 439. The number of aryl methyl sites for hydroxylation is 2. The van der Waals surface area contributed by atoms with Crippen LogP contribution < -0.4 is 5.32 Å². The predicted molar refractivity (Wildman–Crippen MR) is 72.0 cm³/mol. The Labute approximate surface area is 111 Å². The predicted octanol–water partition coefficient (Wildman–Crippen LogP) is 1.82. The minimum Gasteiger partial charge on any atom is -0.394 e. The van der Waals surface area contributed by atoms with E-state index < -0.39 is 0 Å². The summed E-state index contributed by atoms with van der Waals surface area (Å²) in [4.78, 5) is 25.5. The molecule has 0 saturated heterocycles. The second-order valence-electron chi connectivity index (χ2n) is 4.40. The van der Waals surface area contributed by atoms with E-state index in [0.29, 0.717) is 0 Å². The van der Waals surface area contributed by atoms with Crippen LogP contribution in [0.1, 0.15) is 39.9 Å². The molecule has 1 atom stereocenters. The van der Waals surface area contributed by atoms with Gasteiger partial charge in [-0.25, -0.2) is 0 Å². The summed E-state index contributed by atoms with van der Waals surface area (Å²) >= 11 is 1.59. The Hall–Kier alpha value is -1.20. The van der Waals surface area contributed by atoms with Crippen LogP contribution in [0.4, 0.5) is 0 Å². The van der Waals surface area contributed by atoms with Crippen molar-refractivity contribution in [2.24, 2.45) is 0 Å². The van der Waals surface area contributed by atoms with Crippen LogP contribution in [0.5, 0.6) is 0 Å². The number of aliphatic hydroxyl groups excluding tert-OH is 1. The van der Waals surface area contributed by atoms with E-state index in [9.17, 15) is 9.59 Å². The molecule has 0 aromatic carbocycles. The number of carbonyl (C=O) groups excluding carboxylic acids is 2. The van der Waals surface area contributed by atoms with Crippen molar-refractivity contribution >= 4 is 23.0 Å². The molecule has 5 heteroatoms. The van der Waals surface area contributed by atoms with Gasteiger partial charge in [0, 0.05) is 34.2 Å². The molecule has 0 saturated carbocycles. The number of hydrogen-bond donors (Lipinski definition) is 2. The van der Waals surface area contributed by atoms with Gasteiger partial charge >= 0.3 is 0 Å². The maximum atomic E-state index is 11.9. The van der Waals surface area contributed by atoms with Crippen molar-refractivity contribution in [3.63, 3.8) is 0 Å². The first-order valence-electron chi connectivity index (χ1n) is 5.94. The molecule has 0 aliphatic rings. The summed E-state index contributed by atoms with van der Waals surface area (Å²) in [7, 11) is 0. The molecule has 1 amide bonds. The van der Waals surface area contributed by atoms with Gasteiger partial charge in [0.25, 0.3) is 0 Å². The topological polar surface area (TPSA) is 66.4 Å². The van der Waals surface area contributed by atoms with E-state index in [0.717, 1.165) is 15.3 Å². The highest BCUT2D eigenvalue weighted by Crippen LogP contribution is 2.22. The molecular formula is C13H19NO3S. The standard InChI is InChI=1S/C13H19NO3S/c1-8(7-15)14-13(17)5-4-12(16)11-6-9(2)18-10(11)3/h6,8,15H,4-5,7H2,1-3H3,(H,14,17). The number of rotatable bonds is 6. The van der Waals surface area contributed by atoms with Crippen LogP contribution in [-0.2, 0) is 4.79 Å². The van der Waals surface area contributed by atoms with Crippen LogP contribution in [0, 0.1) is 13.8 Å². The summed E-state index contributed by atoms with van der Waals surface area (Å²) in [6, 6.07) is 1.61. The third kappa shape index (κ3) is 4.23. The first kappa shape index (κ1) is 14.9. The molecule has 0 aliphatic carbocycles. The van der Waals surface area contributed by atoms with E-state index in [-0.39, 0.29) is 37.2 Å². The minimum atomic E-state index is -0.266. The van der Waals surface area contributed by atoms with Gasteiger partial charge in [-0.2, -0.15) is 0 Å². The first-order valence-corrected chi connectivity index (χ1v) is 6.76. The number of carbonyl (C=O) groups is 2. The van der Waals surface area contributed by atoms with Crippen molar-refractivity contribution in [3.8, 4) is 0 Å². The number of thiophene rings is 1. The van der Waals surface area contributed by atoms with Crippen LogP contribution in [0.15, 0.2) is 6.07 Å². The third-order valence-electron chi connectivity index (χ3n) is 2.60. The van der Waals surface area contributed by atoms with Crippen molar-refractivity contribution in [2.75, 3.05) is 6.61 Å². The lowest BCUT2D eigenvalue weighted by Crippen LogP contribution is -2.35. The van der Waals surface area contributed by atoms with Crippen LogP contribution in [-0.4, -0.2) is 29.4 Å². The van der Waals surface area contributed by atoms with E-state index in [1.807, 2.05) is 19.9 Å². The molecule has 0 fully saturated rings. The molecule has 1 aromatic heterocycles. The summed E-state index contributed by atoms with van der Waals surface area (Å²) in [6.45, 7) is 5.50. The molecule has 4 nitrogen and oxygen atoms in total. The largest absolute Gasteiger partial charge is 0.394 e. The van der Waals surface area contributed by atoms with Gasteiger partial charge in [-0.1, -0.05) is 0 Å². The molecule has 1 rings (SSSR count). The molecule has 0 aliphatic heterocycles. The second-order valence-corrected chi connectivity index (χ2v) is 5.86. The molecular weight excluding hydrogens is 250 g/mol. The Kier molecular flexibility index (Phi) is 5.50. The number of aliphatic hydroxyl groups is 1. The van der Waals surface area contributed by atoms with Crippen LogP contribution in [0.2, 0.25) is 0 Å². The van der Waals surface area contributed by atoms with Crippen LogP contribution in [0.3, 0.4) is 0 Å². The highest BCUT2D eigenvalue weighted by atomic mass is 32.1. The quantitative estimate of drug-likeness (QED) is 0.774. The maximum absolute atomic E-state index is 11.9. The summed E-state index contributed by atoms with van der Waals surface area (Å²) < 4.78 is 0. The van der Waals surface area contributed by atoms with E-state index in [1.54, 1.807) is 18.3 Å². The fourth-order valence-electron chi connectivity index (χ4n) is 1.66. The van der Waals surface area contributed by atoms with Crippen LogP contribution >= 0.6 is 11.3 Å². The number of ketones is 1. The fraction of sp³-hybridized carbons (Fsp3) is 0.538. The lowest BCUT2D eigenvalue weighted by Gasteiger charge is -2.10. The van der Waals surface area contributed by atoms with Crippen molar-refractivity contribution in [1.82, 2.24) is 5.32 Å². The zero-order chi connectivity index (χ0) is 13.7. The monoisotopic (exact) mass is 269 g/mol. The third-order valence-corrected chi connectivity index (χ3v) is 3.57. The van der Waals surface area contributed by atoms with Gasteiger partial charge in [0.05, 0.1) is 6.61 Å². The second kappa shape index (κ2) is 6.66. The molecule has 0 bridgehead atoms. The van der Waals surface area contributed by atoms with Crippen LogP contribution in [0.25, 0.3) is 0 Å². The molecule has 0 radical (unpaired) electrons. The van der Waals surface area contributed by atoms with Crippen molar-refractivity contribution in [1.29, 1.82) is 0 Å². The number of hydrogen-bond acceptors (Lipinski definition) is 4. The highest BCUT2D eigenvalue weighted by Gasteiger charge is 2.14. The highest BCUT2D eigenvalue weighted by molar-refractivity contribution is 7.12. The molecule has 1 aromatic rings. The van der Waals surface area contributed by atoms with Gasteiger partial charge in [-0.3, -0.25) is 9.59 Å². The average molecular weight is 269 g/mol. The molecule has 0 spiro atoms. The molecule has 100 valence electrons.